The lowest BCUT2D eigenvalue weighted by molar-refractivity contribution is -0.144. The molecule has 0 spiro atoms. The van der Waals surface area contributed by atoms with E-state index in [-0.39, 0.29) is 5.97 Å². The van der Waals surface area contributed by atoms with Crippen LogP contribution in [0.1, 0.15) is 136 Å². The number of carbonyl (C=O) groups is 1. The molecule has 186 valence electrons. The van der Waals surface area contributed by atoms with Gasteiger partial charge in [0.1, 0.15) is 0 Å². The van der Waals surface area contributed by atoms with E-state index in [1.54, 1.807) is 0 Å². The molecule has 0 heterocycles. The van der Waals surface area contributed by atoms with Crippen LogP contribution < -0.4 is 0 Å². The fourth-order valence-corrected chi connectivity index (χ4v) is 3.65. The molecule has 0 saturated carbocycles. The van der Waals surface area contributed by atoms with Gasteiger partial charge in [0, 0.05) is 19.6 Å². The van der Waals surface area contributed by atoms with Crippen LogP contribution in [0.25, 0.3) is 0 Å². The summed E-state index contributed by atoms with van der Waals surface area (Å²) in [6.07, 6.45) is 23.3. The summed E-state index contributed by atoms with van der Waals surface area (Å²) in [6, 6.07) is 0. The second-order valence-electron chi connectivity index (χ2n) is 8.85. The Morgan fingerprint density at radius 3 is 1.32 bits per heavy atom. The van der Waals surface area contributed by atoms with Crippen molar-refractivity contribution in [2.75, 3.05) is 33.0 Å². The Bertz CT molecular complexity index is 346. The van der Waals surface area contributed by atoms with E-state index in [0.717, 1.165) is 25.9 Å². The third-order valence-electron chi connectivity index (χ3n) is 5.69. The van der Waals surface area contributed by atoms with Gasteiger partial charge in [-0.2, -0.15) is 0 Å². The van der Waals surface area contributed by atoms with Crippen LogP contribution in [0.5, 0.6) is 0 Å². The quantitative estimate of drug-likeness (QED) is 0.100. The van der Waals surface area contributed by atoms with Gasteiger partial charge in [0.15, 0.2) is 0 Å². The maximum atomic E-state index is 11.7. The lowest BCUT2D eigenvalue weighted by Gasteiger charge is -2.07. The van der Waals surface area contributed by atoms with Crippen molar-refractivity contribution in [2.45, 2.75) is 136 Å². The number of unbranched alkanes of at least 4 members (excludes halogenated alkanes) is 15. The maximum Gasteiger partial charge on any atom is 0.305 e. The molecule has 0 aliphatic carbocycles. The molecule has 0 rings (SSSR count). The molecule has 31 heavy (non-hydrogen) atoms. The number of carbonyl (C=O) groups excluding carboxylic acids is 1. The summed E-state index contributed by atoms with van der Waals surface area (Å²) in [5.41, 5.74) is 0. The highest BCUT2D eigenvalue weighted by atomic mass is 16.5. The molecule has 0 aliphatic rings. The fraction of sp³-hybridized carbons (Fsp3) is 0.963. The number of esters is 1. The monoisotopic (exact) mass is 442 g/mol. The van der Waals surface area contributed by atoms with Crippen molar-refractivity contribution in [3.05, 3.63) is 0 Å². The molecule has 0 fully saturated rings. The summed E-state index contributed by atoms with van der Waals surface area (Å²) in [5.74, 6) is -0.0882. The van der Waals surface area contributed by atoms with Crippen LogP contribution in [-0.4, -0.2) is 39.0 Å². The topological polar surface area (TPSA) is 44.8 Å². The Labute approximate surface area is 194 Å². The van der Waals surface area contributed by atoms with E-state index in [9.17, 15) is 4.79 Å². The summed E-state index contributed by atoms with van der Waals surface area (Å²) in [5, 5.41) is 0. The fourth-order valence-electron chi connectivity index (χ4n) is 3.65. The average Bonchev–Trinajstić information content (AvgIpc) is 2.77. The van der Waals surface area contributed by atoms with Gasteiger partial charge in [0.2, 0.25) is 0 Å². The third-order valence-corrected chi connectivity index (χ3v) is 5.69. The molecule has 0 aliphatic heterocycles. The Morgan fingerprint density at radius 1 is 0.452 bits per heavy atom. The van der Waals surface area contributed by atoms with Gasteiger partial charge < -0.3 is 14.2 Å². The minimum Gasteiger partial charge on any atom is -0.466 e. The number of hydrogen-bond donors (Lipinski definition) is 0. The van der Waals surface area contributed by atoms with Crippen molar-refractivity contribution in [3.8, 4) is 0 Å². The third kappa shape index (κ3) is 27.4. The van der Waals surface area contributed by atoms with Crippen LogP contribution >= 0.6 is 0 Å². The molecule has 0 aromatic rings. The predicted octanol–water partition coefficient (Wildman–Crippen LogP) is 8.01. The van der Waals surface area contributed by atoms with Crippen molar-refractivity contribution >= 4 is 5.97 Å². The SMILES string of the molecule is CCCCCCCCCCCCOC(=O)CCCOCCOCCCCCCCCC. The van der Waals surface area contributed by atoms with E-state index in [4.69, 9.17) is 14.2 Å². The Balaban J connectivity index is 3.13. The summed E-state index contributed by atoms with van der Waals surface area (Å²) >= 11 is 0. The van der Waals surface area contributed by atoms with E-state index in [1.165, 1.54) is 96.3 Å². The minimum atomic E-state index is -0.0882. The first-order valence-corrected chi connectivity index (χ1v) is 13.6. The minimum absolute atomic E-state index is 0.0882. The Morgan fingerprint density at radius 2 is 0.839 bits per heavy atom. The van der Waals surface area contributed by atoms with Gasteiger partial charge in [0.25, 0.3) is 0 Å². The van der Waals surface area contributed by atoms with Gasteiger partial charge in [-0.1, -0.05) is 110 Å². The maximum absolute atomic E-state index is 11.7. The first-order valence-electron chi connectivity index (χ1n) is 13.6. The van der Waals surface area contributed by atoms with Gasteiger partial charge in [-0.3, -0.25) is 4.79 Å². The van der Waals surface area contributed by atoms with Gasteiger partial charge in [-0.25, -0.2) is 0 Å². The molecule has 0 saturated heterocycles. The van der Waals surface area contributed by atoms with Crippen molar-refractivity contribution in [3.63, 3.8) is 0 Å². The molecule has 0 aromatic carbocycles. The second-order valence-corrected chi connectivity index (χ2v) is 8.85. The molecule has 0 bridgehead atoms. The van der Waals surface area contributed by atoms with Crippen molar-refractivity contribution in [1.82, 2.24) is 0 Å². The molecule has 4 heteroatoms. The van der Waals surface area contributed by atoms with E-state index < -0.39 is 0 Å². The number of hydrogen-bond acceptors (Lipinski definition) is 4. The molecular weight excluding hydrogens is 388 g/mol. The molecule has 0 radical (unpaired) electrons. The molecule has 0 aromatic heterocycles. The number of ether oxygens (including phenoxy) is 3. The first-order chi connectivity index (χ1) is 15.3. The van der Waals surface area contributed by atoms with E-state index >= 15 is 0 Å². The number of rotatable bonds is 26. The molecule has 0 atom stereocenters. The second kappa shape index (κ2) is 27.4. The van der Waals surface area contributed by atoms with Crippen LogP contribution in [0, 0.1) is 0 Å². The lowest BCUT2D eigenvalue weighted by atomic mass is 10.1. The summed E-state index contributed by atoms with van der Waals surface area (Å²) in [4.78, 5) is 11.7. The average molecular weight is 443 g/mol. The van der Waals surface area contributed by atoms with Gasteiger partial charge >= 0.3 is 5.97 Å². The van der Waals surface area contributed by atoms with Crippen LogP contribution in [0.2, 0.25) is 0 Å². The zero-order valence-corrected chi connectivity index (χ0v) is 21.1. The van der Waals surface area contributed by atoms with E-state index in [1.807, 2.05) is 0 Å². The van der Waals surface area contributed by atoms with Crippen LogP contribution in [0.4, 0.5) is 0 Å². The molecule has 0 unspecified atom stereocenters. The van der Waals surface area contributed by atoms with E-state index in [2.05, 4.69) is 13.8 Å². The largest absolute Gasteiger partial charge is 0.466 e. The Kier molecular flexibility index (Phi) is 26.9. The van der Waals surface area contributed by atoms with Gasteiger partial charge in [-0.05, 0) is 19.3 Å². The van der Waals surface area contributed by atoms with Crippen LogP contribution in [0.15, 0.2) is 0 Å². The van der Waals surface area contributed by atoms with Crippen LogP contribution in [-0.2, 0) is 19.0 Å². The first kappa shape index (κ1) is 30.4. The summed E-state index contributed by atoms with van der Waals surface area (Å²) < 4.78 is 16.4. The molecule has 4 nitrogen and oxygen atoms in total. The molecular formula is C27H54O4. The van der Waals surface area contributed by atoms with E-state index in [0.29, 0.717) is 32.8 Å². The predicted molar refractivity (Wildman–Crippen MR) is 132 cm³/mol. The van der Waals surface area contributed by atoms with Gasteiger partial charge in [-0.15, -0.1) is 0 Å². The van der Waals surface area contributed by atoms with Crippen molar-refractivity contribution in [1.29, 1.82) is 0 Å². The lowest BCUT2D eigenvalue weighted by Crippen LogP contribution is -2.09. The Hall–Kier alpha value is -0.610. The molecule has 0 N–H and O–H groups in total. The smallest absolute Gasteiger partial charge is 0.305 e. The zero-order valence-electron chi connectivity index (χ0n) is 21.1. The highest BCUT2D eigenvalue weighted by molar-refractivity contribution is 5.69. The summed E-state index contributed by atoms with van der Waals surface area (Å²) in [7, 11) is 0. The standard InChI is InChI=1S/C27H54O4/c1-3-5-7-9-11-12-13-15-17-19-24-31-27(28)21-20-23-30-26-25-29-22-18-16-14-10-8-6-4-2/h3-26H2,1-2H3. The zero-order chi connectivity index (χ0) is 22.7. The highest BCUT2D eigenvalue weighted by Gasteiger charge is 2.02. The normalized spacial score (nSPS) is 11.2. The van der Waals surface area contributed by atoms with Crippen molar-refractivity contribution in [2.24, 2.45) is 0 Å². The molecule has 0 amide bonds. The van der Waals surface area contributed by atoms with Crippen LogP contribution in [0.3, 0.4) is 0 Å². The highest BCUT2D eigenvalue weighted by Crippen LogP contribution is 2.10. The van der Waals surface area contributed by atoms with Gasteiger partial charge in [0.05, 0.1) is 19.8 Å². The summed E-state index contributed by atoms with van der Waals surface area (Å²) in [6.45, 7) is 7.79. The van der Waals surface area contributed by atoms with Crippen molar-refractivity contribution < 1.29 is 19.0 Å².